The number of alkyl halides is 3. The zero-order chi connectivity index (χ0) is 8.20. The standard InChI is InChI=1S/C4H9F3N2O/c5-4(6,7)2-9-3(10)1-8/h3,9-10H,1-2,8H2. The zero-order valence-corrected chi connectivity index (χ0v) is 5.15. The second-order valence-electron chi connectivity index (χ2n) is 1.75. The number of aliphatic hydroxyl groups is 1. The molecule has 0 saturated heterocycles. The van der Waals surface area contributed by atoms with Gasteiger partial charge >= 0.3 is 6.18 Å². The molecule has 0 spiro atoms. The second-order valence-corrected chi connectivity index (χ2v) is 1.75. The maximum Gasteiger partial charge on any atom is 0.401 e. The van der Waals surface area contributed by atoms with Crippen LogP contribution in [0.1, 0.15) is 0 Å². The molecule has 10 heavy (non-hydrogen) atoms. The molecule has 3 nitrogen and oxygen atoms in total. The summed E-state index contributed by atoms with van der Waals surface area (Å²) in [5.74, 6) is 0. The third kappa shape index (κ3) is 5.80. The van der Waals surface area contributed by atoms with Crippen LogP contribution in [0, 0.1) is 0 Å². The van der Waals surface area contributed by atoms with Gasteiger partial charge in [-0.05, 0) is 0 Å². The van der Waals surface area contributed by atoms with Crippen LogP contribution in [0.25, 0.3) is 0 Å². The highest BCUT2D eigenvalue weighted by molar-refractivity contribution is 4.58. The summed E-state index contributed by atoms with van der Waals surface area (Å²) in [7, 11) is 0. The van der Waals surface area contributed by atoms with E-state index in [2.05, 4.69) is 0 Å². The summed E-state index contributed by atoms with van der Waals surface area (Å²) in [5, 5.41) is 10.3. The first-order valence-electron chi connectivity index (χ1n) is 2.64. The Labute approximate surface area is 56.0 Å². The Morgan fingerprint density at radius 2 is 2.00 bits per heavy atom. The van der Waals surface area contributed by atoms with Gasteiger partial charge < -0.3 is 10.8 Å². The van der Waals surface area contributed by atoms with Crippen molar-refractivity contribution in [2.24, 2.45) is 5.73 Å². The predicted molar refractivity (Wildman–Crippen MR) is 29.1 cm³/mol. The summed E-state index contributed by atoms with van der Waals surface area (Å²) in [6.45, 7) is -1.44. The van der Waals surface area contributed by atoms with Gasteiger partial charge in [-0.3, -0.25) is 5.32 Å². The lowest BCUT2D eigenvalue weighted by Crippen LogP contribution is -2.41. The van der Waals surface area contributed by atoms with Gasteiger partial charge in [0.05, 0.1) is 6.54 Å². The maximum absolute atomic E-state index is 11.3. The molecule has 0 fully saturated rings. The highest BCUT2D eigenvalue weighted by atomic mass is 19.4. The molecule has 0 aliphatic carbocycles. The molecule has 62 valence electrons. The Morgan fingerprint density at radius 1 is 1.50 bits per heavy atom. The molecule has 0 aliphatic rings. The molecule has 0 heterocycles. The Kier molecular flexibility index (Phi) is 3.62. The fourth-order valence-electron chi connectivity index (χ4n) is 0.317. The number of nitrogens with one attached hydrogen (secondary N) is 1. The van der Waals surface area contributed by atoms with Crippen LogP contribution in [0.15, 0.2) is 0 Å². The highest BCUT2D eigenvalue weighted by Crippen LogP contribution is 2.12. The zero-order valence-electron chi connectivity index (χ0n) is 5.15. The van der Waals surface area contributed by atoms with Crippen molar-refractivity contribution >= 4 is 0 Å². The first kappa shape index (κ1) is 9.67. The SMILES string of the molecule is NCC(O)NCC(F)(F)F. The molecule has 6 heteroatoms. The van der Waals surface area contributed by atoms with E-state index in [9.17, 15) is 13.2 Å². The van der Waals surface area contributed by atoms with E-state index in [0.717, 1.165) is 0 Å². The van der Waals surface area contributed by atoms with Crippen molar-refractivity contribution in [2.75, 3.05) is 13.1 Å². The van der Waals surface area contributed by atoms with Gasteiger partial charge in [-0.2, -0.15) is 13.2 Å². The molecule has 1 unspecified atom stereocenters. The summed E-state index contributed by atoms with van der Waals surface area (Å²) >= 11 is 0. The van der Waals surface area contributed by atoms with E-state index in [1.54, 1.807) is 5.32 Å². The van der Waals surface area contributed by atoms with Gasteiger partial charge in [0.25, 0.3) is 0 Å². The van der Waals surface area contributed by atoms with E-state index in [1.165, 1.54) is 0 Å². The van der Waals surface area contributed by atoms with Gasteiger partial charge in [0, 0.05) is 6.54 Å². The third-order valence-corrected chi connectivity index (χ3v) is 0.761. The largest absolute Gasteiger partial charge is 0.401 e. The minimum absolute atomic E-state index is 0.226. The number of nitrogens with two attached hydrogens (primary N) is 1. The highest BCUT2D eigenvalue weighted by Gasteiger charge is 2.27. The van der Waals surface area contributed by atoms with Crippen molar-refractivity contribution in [3.8, 4) is 0 Å². The number of aliphatic hydroxyl groups excluding tert-OH is 1. The normalized spacial score (nSPS) is 15.3. The van der Waals surface area contributed by atoms with Crippen molar-refractivity contribution in [3.63, 3.8) is 0 Å². The predicted octanol–water partition coefficient (Wildman–Crippen LogP) is -0.585. The van der Waals surface area contributed by atoms with Crippen molar-refractivity contribution in [1.82, 2.24) is 5.32 Å². The minimum Gasteiger partial charge on any atom is -0.377 e. The summed E-state index contributed by atoms with van der Waals surface area (Å²) in [5.41, 5.74) is 4.82. The number of halogens is 3. The Morgan fingerprint density at radius 3 is 2.30 bits per heavy atom. The molecular weight excluding hydrogens is 149 g/mol. The first-order chi connectivity index (χ1) is 4.45. The van der Waals surface area contributed by atoms with Crippen LogP contribution >= 0.6 is 0 Å². The number of hydrogen-bond donors (Lipinski definition) is 3. The molecule has 4 N–H and O–H groups in total. The molecule has 0 aromatic rings. The summed E-state index contributed by atoms with van der Waals surface area (Å²) in [6.07, 6.45) is -5.57. The second kappa shape index (κ2) is 3.75. The van der Waals surface area contributed by atoms with Gasteiger partial charge in [0.2, 0.25) is 0 Å². The minimum atomic E-state index is -4.30. The lowest BCUT2D eigenvalue weighted by atomic mass is 10.5. The Bertz CT molecular complexity index is 95.0. The molecule has 0 rings (SSSR count). The molecule has 0 radical (unpaired) electrons. The van der Waals surface area contributed by atoms with E-state index < -0.39 is 18.9 Å². The molecule has 1 atom stereocenters. The fourth-order valence-corrected chi connectivity index (χ4v) is 0.317. The summed E-state index contributed by atoms with van der Waals surface area (Å²) in [6, 6.07) is 0. The van der Waals surface area contributed by atoms with Crippen LogP contribution in [0.3, 0.4) is 0 Å². The smallest absolute Gasteiger partial charge is 0.377 e. The van der Waals surface area contributed by atoms with Crippen LogP contribution in [0.2, 0.25) is 0 Å². The summed E-state index contributed by atoms with van der Waals surface area (Å²) in [4.78, 5) is 0. The Balaban J connectivity index is 3.36. The third-order valence-electron chi connectivity index (χ3n) is 0.761. The first-order valence-corrected chi connectivity index (χ1v) is 2.64. The van der Waals surface area contributed by atoms with Crippen LogP contribution in [-0.4, -0.2) is 30.6 Å². The van der Waals surface area contributed by atoms with Crippen LogP contribution < -0.4 is 11.1 Å². The monoisotopic (exact) mass is 158 g/mol. The van der Waals surface area contributed by atoms with Crippen LogP contribution in [-0.2, 0) is 0 Å². The molecule has 0 saturated carbocycles. The summed E-state index contributed by atoms with van der Waals surface area (Å²) < 4.78 is 34.0. The number of hydrogen-bond acceptors (Lipinski definition) is 3. The quantitative estimate of drug-likeness (QED) is 0.481. The average Bonchev–Trinajstić information content (AvgIpc) is 1.81. The van der Waals surface area contributed by atoms with E-state index in [1.807, 2.05) is 0 Å². The van der Waals surface area contributed by atoms with Gasteiger partial charge in [0.15, 0.2) is 0 Å². The molecule has 0 aromatic heterocycles. The van der Waals surface area contributed by atoms with Crippen molar-refractivity contribution in [3.05, 3.63) is 0 Å². The lowest BCUT2D eigenvalue weighted by Gasteiger charge is -2.11. The van der Waals surface area contributed by atoms with Crippen molar-refractivity contribution in [2.45, 2.75) is 12.4 Å². The fraction of sp³-hybridized carbons (Fsp3) is 1.00. The Hall–Kier alpha value is -0.330. The van der Waals surface area contributed by atoms with Crippen molar-refractivity contribution in [1.29, 1.82) is 0 Å². The van der Waals surface area contributed by atoms with Crippen LogP contribution in [0.5, 0.6) is 0 Å². The van der Waals surface area contributed by atoms with Gasteiger partial charge in [-0.25, -0.2) is 0 Å². The van der Waals surface area contributed by atoms with E-state index >= 15 is 0 Å². The molecule has 0 aliphatic heterocycles. The average molecular weight is 158 g/mol. The van der Waals surface area contributed by atoms with Gasteiger partial charge in [-0.15, -0.1) is 0 Å². The van der Waals surface area contributed by atoms with E-state index in [0.29, 0.717) is 0 Å². The molecule has 0 amide bonds. The number of rotatable bonds is 3. The lowest BCUT2D eigenvalue weighted by molar-refractivity contribution is -0.130. The topological polar surface area (TPSA) is 58.3 Å². The molecule has 0 bridgehead atoms. The van der Waals surface area contributed by atoms with Crippen molar-refractivity contribution < 1.29 is 18.3 Å². The van der Waals surface area contributed by atoms with E-state index in [4.69, 9.17) is 10.8 Å². The molecule has 0 aromatic carbocycles. The van der Waals surface area contributed by atoms with E-state index in [-0.39, 0.29) is 6.54 Å². The van der Waals surface area contributed by atoms with Crippen LogP contribution in [0.4, 0.5) is 13.2 Å². The maximum atomic E-state index is 11.3. The molecular formula is C4H9F3N2O. The van der Waals surface area contributed by atoms with Gasteiger partial charge in [-0.1, -0.05) is 0 Å². The van der Waals surface area contributed by atoms with Gasteiger partial charge in [0.1, 0.15) is 6.23 Å².